The average Bonchev–Trinajstić information content (AvgIpc) is 3.33. The van der Waals surface area contributed by atoms with Gasteiger partial charge in [-0.1, -0.05) is 11.2 Å². The van der Waals surface area contributed by atoms with Crippen molar-refractivity contribution in [1.29, 1.82) is 0 Å². The van der Waals surface area contributed by atoms with Crippen molar-refractivity contribution in [3.8, 4) is 17.1 Å². The zero-order valence-electron chi connectivity index (χ0n) is 12.4. The van der Waals surface area contributed by atoms with Crippen LogP contribution in [0.5, 0.6) is 0 Å². The van der Waals surface area contributed by atoms with Gasteiger partial charge in [-0.25, -0.2) is 9.07 Å². The maximum atomic E-state index is 14.2. The topological polar surface area (TPSA) is 81.9 Å². The maximum absolute atomic E-state index is 14.2. The van der Waals surface area contributed by atoms with E-state index < -0.39 is 0 Å². The Balaban J connectivity index is 1.56. The number of halogens is 1. The van der Waals surface area contributed by atoms with Crippen LogP contribution in [0.4, 0.5) is 10.1 Å². The number of benzene rings is 1. The molecule has 7 nitrogen and oxygen atoms in total. The fraction of sp³-hybridized carbons (Fsp3) is 0.0625. The number of hydrogen-bond donors (Lipinski definition) is 1. The van der Waals surface area contributed by atoms with Crippen LogP contribution in [0.2, 0.25) is 0 Å². The molecule has 0 atom stereocenters. The van der Waals surface area contributed by atoms with E-state index in [0.29, 0.717) is 28.7 Å². The highest BCUT2D eigenvalue weighted by molar-refractivity contribution is 5.61. The second kappa shape index (κ2) is 5.99. The summed E-state index contributed by atoms with van der Waals surface area (Å²) in [5.74, 6) is 0.365. The Hall–Kier alpha value is -3.42. The molecular formula is C16H12FN5O2. The van der Waals surface area contributed by atoms with E-state index in [-0.39, 0.29) is 12.4 Å². The third kappa shape index (κ3) is 2.65. The molecule has 24 heavy (non-hydrogen) atoms. The molecule has 0 radical (unpaired) electrons. The second-order valence-electron chi connectivity index (χ2n) is 4.97. The van der Waals surface area contributed by atoms with E-state index in [9.17, 15) is 4.39 Å². The zero-order valence-corrected chi connectivity index (χ0v) is 12.4. The van der Waals surface area contributed by atoms with E-state index in [1.54, 1.807) is 41.3 Å². The Labute approximate surface area is 135 Å². The van der Waals surface area contributed by atoms with Gasteiger partial charge in [0.05, 0.1) is 29.7 Å². The van der Waals surface area contributed by atoms with Crippen LogP contribution in [0.1, 0.15) is 5.82 Å². The predicted molar refractivity (Wildman–Crippen MR) is 82.8 cm³/mol. The van der Waals surface area contributed by atoms with E-state index in [1.165, 1.54) is 18.6 Å². The molecule has 1 aromatic carbocycles. The number of hydrogen-bond acceptors (Lipinski definition) is 6. The summed E-state index contributed by atoms with van der Waals surface area (Å²) in [6.45, 7) is 0.205. The normalized spacial score (nSPS) is 10.9. The van der Waals surface area contributed by atoms with Gasteiger partial charge < -0.3 is 14.3 Å². The molecule has 0 aliphatic carbocycles. The van der Waals surface area contributed by atoms with Crippen molar-refractivity contribution in [1.82, 2.24) is 19.9 Å². The molecule has 0 fully saturated rings. The molecular weight excluding hydrogens is 313 g/mol. The van der Waals surface area contributed by atoms with Gasteiger partial charge >= 0.3 is 0 Å². The number of nitrogens with one attached hydrogen (secondary N) is 1. The molecule has 8 heteroatoms. The van der Waals surface area contributed by atoms with Crippen LogP contribution >= 0.6 is 0 Å². The summed E-state index contributed by atoms with van der Waals surface area (Å²) in [6.07, 6.45) is 6.40. The van der Waals surface area contributed by atoms with Gasteiger partial charge in [0.2, 0.25) is 0 Å². The third-order valence-corrected chi connectivity index (χ3v) is 3.40. The molecule has 0 aliphatic heterocycles. The first-order valence-electron chi connectivity index (χ1n) is 7.19. The molecule has 0 spiro atoms. The summed E-state index contributed by atoms with van der Waals surface area (Å²) in [5.41, 5.74) is 1.60. The SMILES string of the molecule is Fc1cccc(-n2cccn2)c1NCc1noc(-c2ccoc2)n1. The Kier molecular flexibility index (Phi) is 3.54. The summed E-state index contributed by atoms with van der Waals surface area (Å²) < 4.78 is 25.9. The minimum absolute atomic E-state index is 0.205. The number of furan rings is 1. The highest BCUT2D eigenvalue weighted by Crippen LogP contribution is 2.24. The van der Waals surface area contributed by atoms with E-state index in [4.69, 9.17) is 8.94 Å². The molecule has 1 N–H and O–H groups in total. The molecule has 4 aromatic rings. The highest BCUT2D eigenvalue weighted by atomic mass is 19.1. The minimum Gasteiger partial charge on any atom is -0.472 e. The first-order valence-corrected chi connectivity index (χ1v) is 7.19. The second-order valence-corrected chi connectivity index (χ2v) is 4.97. The van der Waals surface area contributed by atoms with E-state index in [2.05, 4.69) is 20.6 Å². The van der Waals surface area contributed by atoms with Crippen LogP contribution in [0.25, 0.3) is 17.1 Å². The van der Waals surface area contributed by atoms with Crippen LogP contribution in [0.3, 0.4) is 0 Å². The van der Waals surface area contributed by atoms with Gasteiger partial charge in [-0.3, -0.25) is 0 Å². The van der Waals surface area contributed by atoms with Crippen molar-refractivity contribution in [2.24, 2.45) is 0 Å². The lowest BCUT2D eigenvalue weighted by atomic mass is 10.2. The van der Waals surface area contributed by atoms with E-state index in [1.807, 2.05) is 0 Å². The van der Waals surface area contributed by atoms with Gasteiger partial charge in [0, 0.05) is 12.4 Å². The van der Waals surface area contributed by atoms with Crippen LogP contribution < -0.4 is 5.32 Å². The lowest BCUT2D eigenvalue weighted by Crippen LogP contribution is -2.08. The van der Waals surface area contributed by atoms with Gasteiger partial charge in [0.1, 0.15) is 12.1 Å². The lowest BCUT2D eigenvalue weighted by Gasteiger charge is -2.11. The Bertz CT molecular complexity index is 931. The molecule has 3 aromatic heterocycles. The summed E-state index contributed by atoms with van der Waals surface area (Å²) in [6, 6.07) is 8.26. The molecule has 0 bridgehead atoms. The molecule has 0 unspecified atom stereocenters. The average molecular weight is 325 g/mol. The smallest absolute Gasteiger partial charge is 0.261 e. The summed E-state index contributed by atoms with van der Waals surface area (Å²) in [5, 5.41) is 11.0. The van der Waals surface area contributed by atoms with E-state index in [0.717, 1.165) is 0 Å². The van der Waals surface area contributed by atoms with Crippen molar-refractivity contribution < 1.29 is 13.3 Å². The Morgan fingerprint density at radius 1 is 1.21 bits per heavy atom. The summed E-state index contributed by atoms with van der Waals surface area (Å²) in [4.78, 5) is 4.24. The van der Waals surface area contributed by atoms with Gasteiger partial charge in [0.25, 0.3) is 5.89 Å². The van der Waals surface area contributed by atoms with Crippen molar-refractivity contribution >= 4 is 5.69 Å². The first kappa shape index (κ1) is 14.2. The zero-order chi connectivity index (χ0) is 16.4. The van der Waals surface area contributed by atoms with Crippen molar-refractivity contribution in [2.45, 2.75) is 6.54 Å². The molecule has 0 amide bonds. The van der Waals surface area contributed by atoms with Crippen LogP contribution in [0.15, 0.2) is 64.2 Å². The molecule has 0 aliphatic rings. The molecule has 4 rings (SSSR count). The van der Waals surface area contributed by atoms with Gasteiger partial charge in [-0.05, 0) is 24.3 Å². The first-order chi connectivity index (χ1) is 11.8. The Morgan fingerprint density at radius 2 is 2.17 bits per heavy atom. The maximum Gasteiger partial charge on any atom is 0.261 e. The summed E-state index contributed by atoms with van der Waals surface area (Å²) in [7, 11) is 0. The molecule has 120 valence electrons. The minimum atomic E-state index is -0.387. The standard InChI is InChI=1S/C16H12FN5O2/c17-12-3-1-4-13(22-7-2-6-19-22)15(12)18-9-14-20-16(24-21-14)11-5-8-23-10-11/h1-8,10,18H,9H2. The number of aromatic nitrogens is 4. The molecule has 3 heterocycles. The number of rotatable bonds is 5. The fourth-order valence-electron chi connectivity index (χ4n) is 2.29. The van der Waals surface area contributed by atoms with Gasteiger partial charge in [0.15, 0.2) is 5.82 Å². The number of nitrogens with zero attached hydrogens (tertiary/aromatic N) is 4. The van der Waals surface area contributed by atoms with Crippen LogP contribution in [-0.2, 0) is 6.54 Å². The van der Waals surface area contributed by atoms with Crippen LogP contribution in [-0.4, -0.2) is 19.9 Å². The molecule has 0 saturated carbocycles. The van der Waals surface area contributed by atoms with Crippen LogP contribution in [0, 0.1) is 5.82 Å². The van der Waals surface area contributed by atoms with Crippen molar-refractivity contribution in [2.75, 3.05) is 5.32 Å². The predicted octanol–water partition coefficient (Wildman–Crippen LogP) is 3.27. The number of para-hydroxylation sites is 1. The fourth-order valence-corrected chi connectivity index (χ4v) is 2.29. The highest BCUT2D eigenvalue weighted by Gasteiger charge is 2.13. The third-order valence-electron chi connectivity index (χ3n) is 3.40. The van der Waals surface area contributed by atoms with Crippen molar-refractivity contribution in [3.05, 3.63) is 66.9 Å². The molecule has 0 saturated heterocycles. The van der Waals surface area contributed by atoms with E-state index >= 15 is 0 Å². The largest absolute Gasteiger partial charge is 0.472 e. The van der Waals surface area contributed by atoms with Gasteiger partial charge in [-0.2, -0.15) is 10.1 Å². The van der Waals surface area contributed by atoms with Gasteiger partial charge in [-0.15, -0.1) is 0 Å². The quantitative estimate of drug-likeness (QED) is 0.606. The Morgan fingerprint density at radius 3 is 2.96 bits per heavy atom. The number of anilines is 1. The monoisotopic (exact) mass is 325 g/mol. The summed E-state index contributed by atoms with van der Waals surface area (Å²) >= 11 is 0. The lowest BCUT2D eigenvalue weighted by molar-refractivity contribution is 0.423. The van der Waals surface area contributed by atoms with Crippen molar-refractivity contribution in [3.63, 3.8) is 0 Å².